The van der Waals surface area contributed by atoms with Crippen LogP contribution in [0.15, 0.2) is 36.5 Å². The lowest BCUT2D eigenvalue weighted by Crippen LogP contribution is -2.50. The largest absolute Gasteiger partial charge is 0.445 e. The van der Waals surface area contributed by atoms with Crippen LogP contribution < -0.4 is 5.48 Å². The maximum absolute atomic E-state index is 12.8. The van der Waals surface area contributed by atoms with E-state index in [1.54, 1.807) is 17.2 Å². The van der Waals surface area contributed by atoms with Gasteiger partial charge in [0.05, 0.1) is 12.6 Å². The number of hydroxylamine groups is 1. The van der Waals surface area contributed by atoms with E-state index < -0.39 is 26.6 Å². The van der Waals surface area contributed by atoms with Crippen LogP contribution in [0.1, 0.15) is 48.6 Å². The molecule has 40 heavy (non-hydrogen) atoms. The van der Waals surface area contributed by atoms with Crippen LogP contribution in [0.5, 0.6) is 0 Å². The number of aromatic nitrogens is 1. The number of carbonyl (C=O) groups is 3. The Balaban J connectivity index is 1.31. The molecule has 3 heterocycles. The molecule has 4 rings (SSSR count). The lowest BCUT2D eigenvalue weighted by atomic mass is 10.1. The highest BCUT2D eigenvalue weighted by Gasteiger charge is 2.44. The maximum Gasteiger partial charge on any atom is 0.410 e. The van der Waals surface area contributed by atoms with E-state index in [0.717, 1.165) is 17.4 Å². The van der Waals surface area contributed by atoms with Crippen LogP contribution in [0.3, 0.4) is 0 Å². The molecule has 1 aromatic carbocycles. The lowest BCUT2D eigenvalue weighted by molar-refractivity contribution is -0.131. The van der Waals surface area contributed by atoms with Crippen molar-refractivity contribution >= 4 is 27.9 Å². The zero-order valence-electron chi connectivity index (χ0n) is 22.3. The zero-order chi connectivity index (χ0) is 29.1. The number of hydrogen-bond acceptors (Lipinski definition) is 8. The van der Waals surface area contributed by atoms with Gasteiger partial charge in [0.25, 0.3) is 5.91 Å². The van der Waals surface area contributed by atoms with E-state index in [4.69, 9.17) is 9.94 Å². The Morgan fingerprint density at radius 1 is 1.15 bits per heavy atom. The van der Waals surface area contributed by atoms with Gasteiger partial charge in [-0.1, -0.05) is 24.0 Å². The van der Waals surface area contributed by atoms with Crippen molar-refractivity contribution in [3.63, 3.8) is 0 Å². The normalized spacial score (nSPS) is 17.1. The Hall–Kier alpha value is -3.86. The number of piperidine rings is 1. The fourth-order valence-corrected chi connectivity index (χ4v) is 5.36. The molecule has 0 bridgehead atoms. The van der Waals surface area contributed by atoms with Gasteiger partial charge in [-0.15, -0.1) is 0 Å². The molecule has 0 spiro atoms. The van der Waals surface area contributed by atoms with Crippen molar-refractivity contribution < 1.29 is 37.9 Å². The molecule has 3 N–H and O–H groups in total. The lowest BCUT2D eigenvalue weighted by Gasteiger charge is -2.28. The average Bonchev–Trinajstić information content (AvgIpc) is 3.46. The van der Waals surface area contributed by atoms with Gasteiger partial charge in [-0.05, 0) is 49.9 Å². The number of likely N-dealkylation sites (tertiary alicyclic amines) is 1. The van der Waals surface area contributed by atoms with Crippen molar-refractivity contribution in [2.75, 3.05) is 25.9 Å². The first-order valence-electron chi connectivity index (χ1n) is 12.8. The molecular weight excluding hydrogens is 540 g/mol. The Morgan fingerprint density at radius 2 is 1.80 bits per heavy atom. The first-order valence-corrected chi connectivity index (χ1v) is 14.7. The number of rotatable bonds is 7. The number of ether oxygens (including phenoxy) is 1. The fraction of sp³-hybridized carbons (Fsp3) is 0.444. The number of carbonyl (C=O) groups excluding carboxylic acids is 3. The summed E-state index contributed by atoms with van der Waals surface area (Å²) >= 11 is 0. The van der Waals surface area contributed by atoms with Gasteiger partial charge in [0.15, 0.2) is 14.6 Å². The molecular formula is C27H32N4O8S. The highest BCUT2D eigenvalue weighted by atomic mass is 32.2. The van der Waals surface area contributed by atoms with Crippen molar-refractivity contribution in [2.45, 2.75) is 50.2 Å². The number of hydrogen-bond donors (Lipinski definition) is 3. The standard InChI is InChI=1S/C27H32N4O8S/c1-27(24(33)28-36,40(2,37)38)11-14-30-17-22-15-21(16-31(22)25(30)34)8-5-19-3-6-20(7-4-19)18-39-26(35)29-12-9-23(32)10-13-29/h3-4,6-7,15-16,23,32,36H,9-14,17-18H2,1-2H3,(H,28,33)/t27-/m1/s1. The molecule has 2 aromatic rings. The minimum Gasteiger partial charge on any atom is -0.445 e. The Morgan fingerprint density at radius 3 is 2.40 bits per heavy atom. The van der Waals surface area contributed by atoms with Gasteiger partial charge < -0.3 is 19.6 Å². The third-order valence-corrected chi connectivity index (χ3v) is 9.40. The minimum atomic E-state index is -3.86. The van der Waals surface area contributed by atoms with Crippen molar-refractivity contribution in [2.24, 2.45) is 0 Å². The highest BCUT2D eigenvalue weighted by Crippen LogP contribution is 2.25. The summed E-state index contributed by atoms with van der Waals surface area (Å²) in [6.07, 6.45) is 2.68. The molecule has 214 valence electrons. The van der Waals surface area contributed by atoms with Crippen molar-refractivity contribution in [3.8, 4) is 11.8 Å². The second-order valence-corrected chi connectivity index (χ2v) is 12.7. The summed E-state index contributed by atoms with van der Waals surface area (Å²) in [5.41, 5.74) is 4.27. The van der Waals surface area contributed by atoms with Crippen molar-refractivity contribution in [3.05, 3.63) is 58.9 Å². The molecule has 1 aromatic heterocycles. The van der Waals surface area contributed by atoms with E-state index in [9.17, 15) is 27.9 Å². The van der Waals surface area contributed by atoms with Crippen LogP contribution in [-0.4, -0.2) is 87.9 Å². The van der Waals surface area contributed by atoms with Gasteiger partial charge in [0.1, 0.15) is 6.61 Å². The van der Waals surface area contributed by atoms with Gasteiger partial charge in [-0.2, -0.15) is 0 Å². The number of aliphatic hydroxyl groups is 1. The molecule has 0 saturated carbocycles. The summed E-state index contributed by atoms with van der Waals surface area (Å²) in [4.78, 5) is 40.1. The molecule has 0 radical (unpaired) electrons. The molecule has 0 unspecified atom stereocenters. The van der Waals surface area contributed by atoms with E-state index >= 15 is 0 Å². The molecule has 3 amide bonds. The van der Waals surface area contributed by atoms with Crippen LogP contribution in [0.2, 0.25) is 0 Å². The van der Waals surface area contributed by atoms with E-state index in [0.29, 0.717) is 37.2 Å². The molecule has 13 heteroatoms. The SMILES string of the molecule is C[C@@](CCN1Cc2cc(C#Cc3ccc(COC(=O)N4CCC(O)CC4)cc3)cn2C1=O)(C(=O)NO)S(C)(=O)=O. The minimum absolute atomic E-state index is 0.00132. The summed E-state index contributed by atoms with van der Waals surface area (Å²) in [6.45, 7) is 2.53. The monoisotopic (exact) mass is 572 g/mol. The zero-order valence-corrected chi connectivity index (χ0v) is 23.1. The number of nitrogens with zero attached hydrogens (tertiary/aromatic N) is 3. The van der Waals surface area contributed by atoms with Crippen molar-refractivity contribution in [1.82, 2.24) is 19.8 Å². The van der Waals surface area contributed by atoms with Gasteiger partial charge in [0, 0.05) is 48.9 Å². The van der Waals surface area contributed by atoms with Gasteiger partial charge >= 0.3 is 12.1 Å². The quantitative estimate of drug-likeness (QED) is 0.256. The van der Waals surface area contributed by atoms with E-state index in [-0.39, 0.29) is 38.3 Å². The second kappa shape index (κ2) is 11.7. The summed E-state index contributed by atoms with van der Waals surface area (Å²) in [5, 5.41) is 18.5. The van der Waals surface area contributed by atoms with Gasteiger partial charge in [-0.3, -0.25) is 14.6 Å². The third kappa shape index (κ3) is 6.30. The van der Waals surface area contributed by atoms with Crippen LogP contribution in [-0.2, 0) is 32.5 Å². The predicted molar refractivity (Wildman–Crippen MR) is 143 cm³/mol. The topological polar surface area (TPSA) is 158 Å². The summed E-state index contributed by atoms with van der Waals surface area (Å²) in [5.74, 6) is 5.02. The Labute approximate surface area is 232 Å². The summed E-state index contributed by atoms with van der Waals surface area (Å²) in [6, 6.07) is 8.67. The van der Waals surface area contributed by atoms with Gasteiger partial charge in [0.2, 0.25) is 0 Å². The number of aliphatic hydroxyl groups excluding tert-OH is 1. The van der Waals surface area contributed by atoms with Crippen LogP contribution in [0.25, 0.3) is 0 Å². The Kier molecular flexibility index (Phi) is 8.53. The number of benzene rings is 1. The molecule has 0 aliphatic carbocycles. The molecule has 2 aliphatic heterocycles. The first-order chi connectivity index (χ1) is 18.9. The highest BCUT2D eigenvalue weighted by molar-refractivity contribution is 7.92. The van der Waals surface area contributed by atoms with E-state index in [1.807, 2.05) is 24.3 Å². The summed E-state index contributed by atoms with van der Waals surface area (Å²) < 4.78 is 29.2. The third-order valence-electron chi connectivity index (χ3n) is 7.38. The van der Waals surface area contributed by atoms with Crippen molar-refractivity contribution in [1.29, 1.82) is 0 Å². The number of sulfone groups is 1. The maximum atomic E-state index is 12.8. The van der Waals surface area contributed by atoms with E-state index in [1.165, 1.54) is 21.9 Å². The van der Waals surface area contributed by atoms with Crippen LogP contribution >= 0.6 is 0 Å². The second-order valence-electron chi connectivity index (χ2n) is 10.2. The molecule has 1 fully saturated rings. The fourth-order valence-electron chi connectivity index (χ4n) is 4.51. The average molecular weight is 573 g/mol. The number of amides is 3. The van der Waals surface area contributed by atoms with E-state index in [2.05, 4.69) is 11.8 Å². The van der Waals surface area contributed by atoms with Gasteiger partial charge in [-0.25, -0.2) is 23.5 Å². The Bertz CT molecular complexity index is 1450. The predicted octanol–water partition coefficient (Wildman–Crippen LogP) is 1.46. The number of nitrogens with one attached hydrogen (secondary N) is 1. The van der Waals surface area contributed by atoms with Crippen LogP contribution in [0, 0.1) is 11.8 Å². The molecule has 12 nitrogen and oxygen atoms in total. The first kappa shape index (κ1) is 29.1. The van der Waals surface area contributed by atoms with Crippen LogP contribution in [0.4, 0.5) is 9.59 Å². The number of fused-ring (bicyclic) bond motifs is 1. The molecule has 1 saturated heterocycles. The smallest absolute Gasteiger partial charge is 0.410 e. The molecule has 2 aliphatic rings. The molecule has 1 atom stereocenters. The summed E-state index contributed by atoms with van der Waals surface area (Å²) in [7, 11) is -3.86.